The van der Waals surface area contributed by atoms with Crippen molar-refractivity contribution >= 4 is 6.09 Å². The summed E-state index contributed by atoms with van der Waals surface area (Å²) in [7, 11) is 0. The molecule has 0 aromatic carbocycles. The molecule has 2 aliphatic rings. The van der Waals surface area contributed by atoms with Gasteiger partial charge in [-0.1, -0.05) is 20.8 Å². The molecular weight excluding hydrogens is 312 g/mol. The Labute approximate surface area is 155 Å². The second-order valence-corrected chi connectivity index (χ2v) is 10.3. The lowest BCUT2D eigenvalue weighted by atomic mass is 9.71. The third-order valence-corrected chi connectivity index (χ3v) is 5.82. The van der Waals surface area contributed by atoms with Gasteiger partial charge in [-0.05, 0) is 83.1 Å². The lowest BCUT2D eigenvalue weighted by Gasteiger charge is -2.38. The fourth-order valence-corrected chi connectivity index (χ4v) is 4.22. The van der Waals surface area contributed by atoms with Crippen LogP contribution in [0.3, 0.4) is 0 Å². The summed E-state index contributed by atoms with van der Waals surface area (Å²) in [6, 6.07) is 0.663. The second kappa shape index (κ2) is 8.28. The van der Waals surface area contributed by atoms with Gasteiger partial charge in [0.1, 0.15) is 5.60 Å². The van der Waals surface area contributed by atoms with E-state index in [0.29, 0.717) is 17.4 Å². The molecule has 1 amide bonds. The van der Waals surface area contributed by atoms with Crippen molar-refractivity contribution in [2.24, 2.45) is 17.3 Å². The van der Waals surface area contributed by atoms with E-state index in [2.05, 4.69) is 26.1 Å². The second-order valence-electron chi connectivity index (χ2n) is 10.3. The van der Waals surface area contributed by atoms with Gasteiger partial charge in [0.15, 0.2) is 0 Å². The van der Waals surface area contributed by atoms with Crippen LogP contribution < -0.4 is 5.32 Å². The van der Waals surface area contributed by atoms with Crippen molar-refractivity contribution in [2.75, 3.05) is 19.6 Å². The number of carbonyl (C=O) groups excluding carboxylic acids is 1. The monoisotopic (exact) mass is 352 g/mol. The number of nitrogens with one attached hydrogen (secondary N) is 1. The largest absolute Gasteiger partial charge is 0.444 e. The average Bonchev–Trinajstić information content (AvgIpc) is 2.51. The van der Waals surface area contributed by atoms with Crippen LogP contribution in [0.5, 0.6) is 0 Å². The minimum atomic E-state index is -0.409. The maximum Gasteiger partial charge on any atom is 0.410 e. The summed E-state index contributed by atoms with van der Waals surface area (Å²) in [5, 5.41) is 3.79. The number of likely N-dealkylation sites (tertiary alicyclic amines) is 1. The van der Waals surface area contributed by atoms with Crippen LogP contribution >= 0.6 is 0 Å². The number of ether oxygens (including phenoxy) is 1. The number of hydrogen-bond donors (Lipinski definition) is 1. The molecule has 1 heterocycles. The van der Waals surface area contributed by atoms with E-state index in [-0.39, 0.29) is 6.09 Å². The zero-order valence-corrected chi connectivity index (χ0v) is 17.4. The summed E-state index contributed by atoms with van der Waals surface area (Å²) in [6.45, 7) is 15.6. The number of piperidine rings is 1. The highest BCUT2D eigenvalue weighted by molar-refractivity contribution is 5.68. The number of carbonyl (C=O) groups is 1. The Morgan fingerprint density at radius 2 is 1.68 bits per heavy atom. The Morgan fingerprint density at radius 1 is 1.04 bits per heavy atom. The predicted octanol–water partition coefficient (Wildman–Crippen LogP) is 4.83. The van der Waals surface area contributed by atoms with Gasteiger partial charge in [0.25, 0.3) is 0 Å². The average molecular weight is 353 g/mol. The topological polar surface area (TPSA) is 41.6 Å². The number of hydrogen-bond acceptors (Lipinski definition) is 3. The van der Waals surface area contributed by atoms with E-state index in [4.69, 9.17) is 4.74 Å². The van der Waals surface area contributed by atoms with Crippen molar-refractivity contribution in [3.8, 4) is 0 Å². The molecule has 1 aliphatic heterocycles. The summed E-state index contributed by atoms with van der Waals surface area (Å²) < 4.78 is 5.53. The minimum Gasteiger partial charge on any atom is -0.444 e. The van der Waals surface area contributed by atoms with Gasteiger partial charge in [-0.2, -0.15) is 0 Å². The molecule has 1 saturated carbocycles. The highest BCUT2D eigenvalue weighted by atomic mass is 16.6. The smallest absolute Gasteiger partial charge is 0.410 e. The highest BCUT2D eigenvalue weighted by Gasteiger charge is 2.31. The Hall–Kier alpha value is -0.770. The third-order valence-electron chi connectivity index (χ3n) is 5.82. The summed E-state index contributed by atoms with van der Waals surface area (Å²) in [4.78, 5) is 14.2. The van der Waals surface area contributed by atoms with E-state index in [1.807, 2.05) is 25.7 Å². The van der Waals surface area contributed by atoms with Crippen LogP contribution in [0.4, 0.5) is 4.79 Å². The van der Waals surface area contributed by atoms with Crippen molar-refractivity contribution in [1.29, 1.82) is 0 Å². The molecule has 1 N–H and O–H groups in total. The molecule has 0 unspecified atom stereocenters. The molecule has 2 fully saturated rings. The molecule has 0 aromatic heterocycles. The van der Waals surface area contributed by atoms with Crippen LogP contribution in [0, 0.1) is 17.3 Å². The van der Waals surface area contributed by atoms with E-state index in [1.54, 1.807) is 0 Å². The standard InChI is InChI=1S/C21H40N2O2/c1-20(2,3)17-9-11-18(12-10-17)22-14-16-8-7-13-23(15-16)19(24)25-21(4,5)6/h16-18,22H,7-15H2,1-6H3/t16-,17?,18?/m0/s1. The van der Waals surface area contributed by atoms with Crippen LogP contribution in [0.1, 0.15) is 80.1 Å². The molecule has 1 aliphatic carbocycles. The highest BCUT2D eigenvalue weighted by Crippen LogP contribution is 2.37. The Morgan fingerprint density at radius 3 is 2.24 bits per heavy atom. The normalized spacial score (nSPS) is 28.7. The van der Waals surface area contributed by atoms with E-state index in [9.17, 15) is 4.79 Å². The van der Waals surface area contributed by atoms with Crippen LogP contribution in [0.15, 0.2) is 0 Å². The molecule has 146 valence electrons. The summed E-state index contributed by atoms with van der Waals surface area (Å²) in [5.41, 5.74) is 0.0379. The van der Waals surface area contributed by atoms with Gasteiger partial charge in [-0.3, -0.25) is 0 Å². The summed E-state index contributed by atoms with van der Waals surface area (Å²) >= 11 is 0. The van der Waals surface area contributed by atoms with Gasteiger partial charge in [0, 0.05) is 19.1 Å². The van der Waals surface area contributed by atoms with E-state index in [1.165, 1.54) is 32.1 Å². The Bertz CT molecular complexity index is 428. The van der Waals surface area contributed by atoms with Crippen molar-refractivity contribution < 1.29 is 9.53 Å². The van der Waals surface area contributed by atoms with Crippen LogP contribution in [0.25, 0.3) is 0 Å². The molecule has 2 rings (SSSR count). The predicted molar refractivity (Wildman–Crippen MR) is 104 cm³/mol. The van der Waals surface area contributed by atoms with E-state index in [0.717, 1.165) is 32.0 Å². The maximum absolute atomic E-state index is 12.3. The van der Waals surface area contributed by atoms with Crippen molar-refractivity contribution in [3.63, 3.8) is 0 Å². The molecule has 0 radical (unpaired) electrons. The van der Waals surface area contributed by atoms with Gasteiger partial charge < -0.3 is 15.0 Å². The molecule has 0 spiro atoms. The molecule has 4 heteroatoms. The molecule has 1 saturated heterocycles. The first-order valence-electron chi connectivity index (χ1n) is 10.3. The summed E-state index contributed by atoms with van der Waals surface area (Å²) in [5.74, 6) is 1.42. The van der Waals surface area contributed by atoms with Gasteiger partial charge in [0.2, 0.25) is 0 Å². The molecule has 0 aromatic rings. The first-order valence-corrected chi connectivity index (χ1v) is 10.3. The molecule has 0 bridgehead atoms. The van der Waals surface area contributed by atoms with E-state index >= 15 is 0 Å². The van der Waals surface area contributed by atoms with Gasteiger partial charge in [-0.15, -0.1) is 0 Å². The fraction of sp³-hybridized carbons (Fsp3) is 0.952. The zero-order valence-electron chi connectivity index (χ0n) is 17.4. The SMILES string of the molecule is CC(C)(C)OC(=O)N1CCC[C@@H](CNC2CCC(C(C)(C)C)CC2)C1. The Kier molecular flexibility index (Phi) is 6.80. The fourth-order valence-electron chi connectivity index (χ4n) is 4.22. The number of rotatable bonds is 3. The van der Waals surface area contributed by atoms with Gasteiger partial charge in [0.05, 0.1) is 0 Å². The lowest BCUT2D eigenvalue weighted by molar-refractivity contribution is 0.0164. The van der Waals surface area contributed by atoms with Crippen LogP contribution in [0.2, 0.25) is 0 Å². The van der Waals surface area contributed by atoms with Crippen LogP contribution in [-0.4, -0.2) is 42.3 Å². The van der Waals surface area contributed by atoms with Crippen molar-refractivity contribution in [1.82, 2.24) is 10.2 Å². The maximum atomic E-state index is 12.3. The van der Waals surface area contributed by atoms with E-state index < -0.39 is 5.60 Å². The molecule has 25 heavy (non-hydrogen) atoms. The number of nitrogens with zero attached hydrogens (tertiary/aromatic N) is 1. The zero-order chi connectivity index (χ0) is 18.7. The van der Waals surface area contributed by atoms with Crippen LogP contribution in [-0.2, 0) is 4.74 Å². The lowest BCUT2D eigenvalue weighted by Crippen LogP contribution is -2.46. The Balaban J connectivity index is 1.72. The van der Waals surface area contributed by atoms with Gasteiger partial charge >= 0.3 is 6.09 Å². The molecule has 4 nitrogen and oxygen atoms in total. The van der Waals surface area contributed by atoms with Crippen molar-refractivity contribution in [3.05, 3.63) is 0 Å². The number of amides is 1. The molecule has 1 atom stereocenters. The third kappa shape index (κ3) is 6.80. The minimum absolute atomic E-state index is 0.150. The first-order chi connectivity index (χ1) is 11.5. The quantitative estimate of drug-likeness (QED) is 0.791. The first kappa shape index (κ1) is 20.5. The summed E-state index contributed by atoms with van der Waals surface area (Å²) in [6.07, 6.45) is 7.43. The van der Waals surface area contributed by atoms with Crippen molar-refractivity contribution in [2.45, 2.75) is 91.7 Å². The van der Waals surface area contributed by atoms with Gasteiger partial charge in [-0.25, -0.2) is 4.79 Å². The molecular formula is C21H40N2O2.